The van der Waals surface area contributed by atoms with Crippen LogP contribution in [0.15, 0.2) is 12.7 Å². The molecule has 0 rings (SSSR count). The zero-order valence-corrected chi connectivity index (χ0v) is 8.16. The summed E-state index contributed by atoms with van der Waals surface area (Å²) in [6, 6.07) is 0. The molecule has 0 amide bonds. The predicted molar refractivity (Wildman–Crippen MR) is 48.2 cm³/mol. The maximum atomic E-state index is 10.7. The quantitative estimate of drug-likeness (QED) is 0.477. The van der Waals surface area contributed by atoms with Crippen LogP contribution < -0.4 is 5.73 Å². The molecule has 0 saturated heterocycles. The Morgan fingerprint density at radius 1 is 1.82 bits per heavy atom. The molecule has 0 aliphatic carbocycles. The summed E-state index contributed by atoms with van der Waals surface area (Å²) in [6.07, 6.45) is 1.94. The third kappa shape index (κ3) is 2.16. The number of carboxylic acids is 1. The van der Waals surface area contributed by atoms with Gasteiger partial charge >= 0.3 is 5.97 Å². The number of nitrogens with two attached hydrogens (primary N) is 1. The average molecular weight is 173 g/mol. The molecule has 0 heterocycles. The van der Waals surface area contributed by atoms with Crippen molar-refractivity contribution in [1.29, 1.82) is 0 Å². The van der Waals surface area contributed by atoms with E-state index in [1.54, 1.807) is 6.08 Å². The Balaban J connectivity index is 4.51. The minimum absolute atomic E-state index is 0.367. The zero-order valence-electron chi connectivity index (χ0n) is 7.00. The summed E-state index contributed by atoms with van der Waals surface area (Å²) < 4.78 is 0. The fourth-order valence-corrected chi connectivity index (χ4v) is 1.94. The van der Waals surface area contributed by atoms with Gasteiger partial charge in [-0.25, -0.2) is 0 Å². The standard InChI is InChI=1S/C7H15NO2Si/c1-4-5-7(8,6(9)10)11(2)3/h4,11H,1,5,8H2,2-3H3,(H,9,10). The van der Waals surface area contributed by atoms with Gasteiger partial charge in [-0.3, -0.25) is 4.79 Å². The van der Waals surface area contributed by atoms with Crippen molar-refractivity contribution in [2.24, 2.45) is 5.73 Å². The second-order valence-corrected chi connectivity index (χ2v) is 6.33. The van der Waals surface area contributed by atoms with E-state index in [-0.39, 0.29) is 0 Å². The van der Waals surface area contributed by atoms with Gasteiger partial charge in [-0.05, 0) is 6.42 Å². The third-order valence-electron chi connectivity index (χ3n) is 1.91. The highest BCUT2D eigenvalue weighted by Crippen LogP contribution is 2.11. The molecule has 0 fully saturated rings. The summed E-state index contributed by atoms with van der Waals surface area (Å²) in [4.78, 5) is 10.7. The van der Waals surface area contributed by atoms with Gasteiger partial charge in [-0.15, -0.1) is 6.58 Å². The van der Waals surface area contributed by atoms with E-state index < -0.39 is 19.9 Å². The van der Waals surface area contributed by atoms with Crippen molar-refractivity contribution in [3.05, 3.63) is 12.7 Å². The summed E-state index contributed by atoms with van der Waals surface area (Å²) >= 11 is 0. The minimum Gasteiger partial charge on any atom is -0.480 e. The highest BCUT2D eigenvalue weighted by molar-refractivity contribution is 6.64. The van der Waals surface area contributed by atoms with Crippen LogP contribution in [0.4, 0.5) is 0 Å². The molecule has 0 aliphatic heterocycles. The lowest BCUT2D eigenvalue weighted by molar-refractivity contribution is -0.140. The van der Waals surface area contributed by atoms with Crippen LogP contribution in [-0.2, 0) is 4.79 Å². The Labute approximate surface area is 68.5 Å². The maximum Gasteiger partial charge on any atom is 0.320 e. The van der Waals surface area contributed by atoms with E-state index in [9.17, 15) is 4.79 Å². The second kappa shape index (κ2) is 3.68. The predicted octanol–water partition coefficient (Wildman–Crippen LogP) is 0.371. The molecule has 0 spiro atoms. The van der Waals surface area contributed by atoms with Gasteiger partial charge in [0.05, 0.1) is 8.80 Å². The minimum atomic E-state index is -1.37. The summed E-state index contributed by atoms with van der Waals surface area (Å²) in [6.45, 7) is 7.35. The largest absolute Gasteiger partial charge is 0.480 e. The zero-order chi connectivity index (χ0) is 9.07. The molecule has 0 saturated carbocycles. The Bertz CT molecular complexity index is 170. The van der Waals surface area contributed by atoms with Crippen molar-refractivity contribution in [3.63, 3.8) is 0 Å². The van der Waals surface area contributed by atoms with E-state index in [1.165, 1.54) is 0 Å². The molecule has 3 nitrogen and oxygen atoms in total. The molecule has 0 radical (unpaired) electrons. The molecule has 4 heteroatoms. The first-order valence-electron chi connectivity index (χ1n) is 3.58. The number of aliphatic carboxylic acids is 1. The van der Waals surface area contributed by atoms with Gasteiger partial charge in [0.2, 0.25) is 0 Å². The Kier molecular flexibility index (Phi) is 3.48. The molecule has 11 heavy (non-hydrogen) atoms. The van der Waals surface area contributed by atoms with Gasteiger partial charge in [-0.2, -0.15) is 0 Å². The van der Waals surface area contributed by atoms with Crippen LogP contribution in [0.5, 0.6) is 0 Å². The number of hydrogen-bond acceptors (Lipinski definition) is 2. The summed E-state index contributed by atoms with van der Waals surface area (Å²) in [5.74, 6) is -0.904. The lowest BCUT2D eigenvalue weighted by Gasteiger charge is -2.26. The smallest absolute Gasteiger partial charge is 0.320 e. The highest BCUT2D eigenvalue weighted by Gasteiger charge is 2.36. The van der Waals surface area contributed by atoms with E-state index >= 15 is 0 Å². The molecule has 0 aromatic heterocycles. The molecule has 0 bridgehead atoms. The van der Waals surface area contributed by atoms with Gasteiger partial charge in [0.15, 0.2) is 0 Å². The summed E-state index contributed by atoms with van der Waals surface area (Å²) in [7, 11) is -1.37. The lowest BCUT2D eigenvalue weighted by atomic mass is 10.2. The van der Waals surface area contributed by atoms with E-state index in [1.807, 2.05) is 13.1 Å². The normalized spacial score (nSPS) is 16.0. The summed E-state index contributed by atoms with van der Waals surface area (Å²) in [5.41, 5.74) is 5.69. The van der Waals surface area contributed by atoms with E-state index in [0.29, 0.717) is 6.42 Å². The van der Waals surface area contributed by atoms with E-state index in [0.717, 1.165) is 0 Å². The first-order chi connectivity index (χ1) is 4.95. The van der Waals surface area contributed by atoms with Gasteiger partial charge in [0.25, 0.3) is 0 Å². The molecular formula is C7H15NO2Si. The number of carboxylic acid groups (broad SMARTS) is 1. The van der Waals surface area contributed by atoms with Crippen molar-refractivity contribution in [2.45, 2.75) is 24.7 Å². The van der Waals surface area contributed by atoms with Crippen LogP contribution in [0.2, 0.25) is 13.1 Å². The summed E-state index contributed by atoms with van der Waals surface area (Å²) in [5, 5.41) is 7.78. The van der Waals surface area contributed by atoms with Crippen LogP contribution in [0.3, 0.4) is 0 Å². The molecule has 0 aromatic rings. The van der Waals surface area contributed by atoms with Crippen molar-refractivity contribution in [3.8, 4) is 0 Å². The third-order valence-corrected chi connectivity index (χ3v) is 4.45. The fraction of sp³-hybridized carbons (Fsp3) is 0.571. The number of rotatable bonds is 4. The molecule has 1 atom stereocenters. The second-order valence-electron chi connectivity index (χ2n) is 2.99. The van der Waals surface area contributed by atoms with E-state index in [2.05, 4.69) is 6.58 Å². The van der Waals surface area contributed by atoms with Crippen LogP contribution >= 0.6 is 0 Å². The molecule has 0 aromatic carbocycles. The van der Waals surface area contributed by atoms with Crippen molar-refractivity contribution >= 4 is 14.8 Å². The fourth-order valence-electron chi connectivity index (χ4n) is 0.809. The average Bonchev–Trinajstić information content (AvgIpc) is 1.87. The lowest BCUT2D eigenvalue weighted by Crippen LogP contribution is -2.57. The Hall–Kier alpha value is -0.613. The van der Waals surface area contributed by atoms with E-state index in [4.69, 9.17) is 10.8 Å². The van der Waals surface area contributed by atoms with Crippen molar-refractivity contribution in [1.82, 2.24) is 0 Å². The SMILES string of the molecule is C=CCC(N)(C(=O)O)[SiH](C)C. The van der Waals surface area contributed by atoms with Crippen LogP contribution in [0, 0.1) is 0 Å². The number of hydrogen-bond donors (Lipinski definition) is 2. The molecular weight excluding hydrogens is 158 g/mol. The van der Waals surface area contributed by atoms with Crippen LogP contribution in [-0.4, -0.2) is 25.0 Å². The Morgan fingerprint density at radius 2 is 2.27 bits per heavy atom. The van der Waals surface area contributed by atoms with Gasteiger partial charge in [-0.1, -0.05) is 19.2 Å². The van der Waals surface area contributed by atoms with Crippen molar-refractivity contribution < 1.29 is 9.90 Å². The monoisotopic (exact) mass is 173 g/mol. The molecule has 64 valence electrons. The topological polar surface area (TPSA) is 63.3 Å². The van der Waals surface area contributed by atoms with Gasteiger partial charge < -0.3 is 10.8 Å². The maximum absolute atomic E-state index is 10.7. The van der Waals surface area contributed by atoms with Crippen LogP contribution in [0.25, 0.3) is 0 Å². The highest BCUT2D eigenvalue weighted by atomic mass is 28.3. The number of carbonyl (C=O) groups is 1. The van der Waals surface area contributed by atoms with Crippen LogP contribution in [0.1, 0.15) is 6.42 Å². The van der Waals surface area contributed by atoms with Gasteiger partial charge in [0, 0.05) is 0 Å². The first kappa shape index (κ1) is 10.4. The molecule has 3 N–H and O–H groups in total. The van der Waals surface area contributed by atoms with Crippen molar-refractivity contribution in [2.75, 3.05) is 0 Å². The Morgan fingerprint density at radius 3 is 2.36 bits per heavy atom. The molecule has 1 unspecified atom stereocenters. The van der Waals surface area contributed by atoms with Gasteiger partial charge in [0.1, 0.15) is 5.16 Å². The first-order valence-corrected chi connectivity index (χ1v) is 6.47. The molecule has 0 aliphatic rings.